The molecule has 2 rings (SSSR count). The second-order valence-electron chi connectivity index (χ2n) is 9.90. The Morgan fingerprint density at radius 1 is 0.846 bits per heavy atom. The van der Waals surface area contributed by atoms with E-state index < -0.39 is 29.8 Å². The van der Waals surface area contributed by atoms with E-state index in [0.29, 0.717) is 17.2 Å². The maximum Gasteiger partial charge on any atom is 0.412 e. The van der Waals surface area contributed by atoms with Gasteiger partial charge in [0, 0.05) is 6.07 Å². The van der Waals surface area contributed by atoms with Crippen molar-refractivity contribution in [3.8, 4) is 17.2 Å². The molecule has 0 heterocycles. The van der Waals surface area contributed by atoms with Crippen LogP contribution in [-0.2, 0) is 14.3 Å². The van der Waals surface area contributed by atoms with Gasteiger partial charge in [-0.05, 0) is 62.1 Å². The number of carbonyl (C=O) groups is 3. The molecule has 1 atom stereocenters. The smallest absolute Gasteiger partial charge is 0.412 e. The minimum Gasteiger partial charge on any atom is -0.497 e. The van der Waals surface area contributed by atoms with Gasteiger partial charge < -0.3 is 34.3 Å². The van der Waals surface area contributed by atoms with Crippen molar-refractivity contribution in [1.29, 1.82) is 0 Å². The lowest BCUT2D eigenvalue weighted by Gasteiger charge is -2.24. The van der Waals surface area contributed by atoms with Crippen LogP contribution in [0.25, 0.3) is 12.2 Å². The van der Waals surface area contributed by atoms with Gasteiger partial charge in [0.15, 0.2) is 0 Å². The Bertz CT molecular complexity index is 1110. The third-order valence-corrected chi connectivity index (χ3v) is 5.14. The Labute approximate surface area is 229 Å². The number of hydrogen-bond acceptors (Lipinski definition) is 8. The van der Waals surface area contributed by atoms with Gasteiger partial charge in [0.05, 0.1) is 20.8 Å². The van der Waals surface area contributed by atoms with Crippen LogP contribution < -0.4 is 24.8 Å². The lowest BCUT2D eigenvalue weighted by atomic mass is 10.1. The van der Waals surface area contributed by atoms with E-state index in [1.54, 1.807) is 67.0 Å². The molecular weight excluding hydrogens is 504 g/mol. The summed E-state index contributed by atoms with van der Waals surface area (Å²) in [6, 6.07) is 11.6. The van der Waals surface area contributed by atoms with Crippen LogP contribution >= 0.6 is 0 Å². The summed E-state index contributed by atoms with van der Waals surface area (Å²) in [6.07, 6.45) is 2.43. The molecular formula is C29H38N2O8. The Morgan fingerprint density at radius 3 is 1.97 bits per heavy atom. The maximum atomic E-state index is 12.4. The Hall–Kier alpha value is -4.21. The number of methoxy groups -OCH3 is 2. The van der Waals surface area contributed by atoms with E-state index in [4.69, 9.17) is 23.7 Å². The number of rotatable bonds is 11. The third-order valence-electron chi connectivity index (χ3n) is 5.14. The SMILES string of the molecule is COc1cc(C=Cc2ccc(OC(=O)NCCOC(=O)C(NC(=O)OC(C)(C)C)C(C)C)cc2)cc(OC)c1. The van der Waals surface area contributed by atoms with Crippen LogP contribution in [0.1, 0.15) is 45.7 Å². The first-order chi connectivity index (χ1) is 18.4. The molecule has 10 heteroatoms. The number of carbonyl (C=O) groups excluding carboxylic acids is 3. The van der Waals surface area contributed by atoms with Gasteiger partial charge >= 0.3 is 18.2 Å². The fourth-order valence-electron chi connectivity index (χ4n) is 3.23. The predicted molar refractivity (Wildman–Crippen MR) is 148 cm³/mol. The van der Waals surface area contributed by atoms with Gasteiger partial charge in [-0.1, -0.05) is 38.1 Å². The standard InChI is InChI=1S/C29H38N2O8/c1-19(2)25(31-28(34)39-29(3,4)5)26(32)37-15-14-30-27(33)38-22-12-10-20(11-13-22)8-9-21-16-23(35-6)18-24(17-21)36-7/h8-13,16-19,25H,14-15H2,1-7H3,(H,30,33)(H,31,34). The van der Waals surface area contributed by atoms with Crippen molar-refractivity contribution in [2.24, 2.45) is 5.92 Å². The van der Waals surface area contributed by atoms with Crippen LogP contribution in [0.2, 0.25) is 0 Å². The van der Waals surface area contributed by atoms with Crippen molar-refractivity contribution in [3.05, 3.63) is 53.6 Å². The molecule has 10 nitrogen and oxygen atoms in total. The van der Waals surface area contributed by atoms with Gasteiger partial charge in [0.2, 0.25) is 0 Å². The number of alkyl carbamates (subject to hydrolysis) is 1. The van der Waals surface area contributed by atoms with Crippen LogP contribution in [0.3, 0.4) is 0 Å². The van der Waals surface area contributed by atoms with Gasteiger partial charge in [-0.15, -0.1) is 0 Å². The molecule has 212 valence electrons. The van der Waals surface area contributed by atoms with Gasteiger partial charge in [0.1, 0.15) is 35.5 Å². The molecule has 0 spiro atoms. The molecule has 0 aliphatic rings. The number of nitrogens with one attached hydrogen (secondary N) is 2. The zero-order valence-electron chi connectivity index (χ0n) is 23.5. The largest absolute Gasteiger partial charge is 0.497 e. The van der Waals surface area contributed by atoms with E-state index in [0.717, 1.165) is 11.1 Å². The highest BCUT2D eigenvalue weighted by molar-refractivity contribution is 5.81. The highest BCUT2D eigenvalue weighted by atomic mass is 16.6. The first-order valence-corrected chi connectivity index (χ1v) is 12.5. The number of benzene rings is 2. The highest BCUT2D eigenvalue weighted by Crippen LogP contribution is 2.24. The topological polar surface area (TPSA) is 121 Å². The number of hydrogen-bond donors (Lipinski definition) is 2. The maximum absolute atomic E-state index is 12.4. The van der Waals surface area contributed by atoms with Crippen LogP contribution in [0.4, 0.5) is 9.59 Å². The summed E-state index contributed by atoms with van der Waals surface area (Å²) in [5.74, 6) is 0.888. The van der Waals surface area contributed by atoms with Gasteiger partial charge in [-0.25, -0.2) is 14.4 Å². The zero-order valence-corrected chi connectivity index (χ0v) is 23.5. The fourth-order valence-corrected chi connectivity index (χ4v) is 3.23. The summed E-state index contributed by atoms with van der Waals surface area (Å²) in [7, 11) is 3.19. The molecule has 0 saturated carbocycles. The molecule has 0 bridgehead atoms. The van der Waals surface area contributed by atoms with Gasteiger partial charge in [-0.2, -0.15) is 0 Å². The fraction of sp³-hybridized carbons (Fsp3) is 0.414. The molecule has 0 aliphatic carbocycles. The van der Waals surface area contributed by atoms with Crippen molar-refractivity contribution in [3.63, 3.8) is 0 Å². The summed E-state index contributed by atoms with van der Waals surface area (Å²) in [5, 5.41) is 5.05. The average Bonchev–Trinajstić information content (AvgIpc) is 2.87. The summed E-state index contributed by atoms with van der Waals surface area (Å²) >= 11 is 0. The van der Waals surface area contributed by atoms with Crippen molar-refractivity contribution >= 4 is 30.3 Å². The molecule has 2 aromatic carbocycles. The predicted octanol–water partition coefficient (Wildman–Crippen LogP) is 5.06. The molecule has 0 aromatic heterocycles. The van der Waals surface area contributed by atoms with Gasteiger partial charge in [-0.3, -0.25) is 0 Å². The summed E-state index contributed by atoms with van der Waals surface area (Å²) in [4.78, 5) is 36.5. The van der Waals surface area contributed by atoms with Crippen LogP contribution in [0.5, 0.6) is 17.2 Å². The van der Waals surface area contributed by atoms with Crippen molar-refractivity contribution in [2.45, 2.75) is 46.3 Å². The molecule has 39 heavy (non-hydrogen) atoms. The second kappa shape index (κ2) is 14.7. The minimum atomic E-state index is -0.884. The first-order valence-electron chi connectivity index (χ1n) is 12.5. The number of amides is 2. The highest BCUT2D eigenvalue weighted by Gasteiger charge is 2.28. The number of esters is 1. The lowest BCUT2D eigenvalue weighted by Crippen LogP contribution is -2.47. The van der Waals surface area contributed by atoms with Crippen molar-refractivity contribution in [1.82, 2.24) is 10.6 Å². The van der Waals surface area contributed by atoms with E-state index in [2.05, 4.69) is 10.6 Å². The third kappa shape index (κ3) is 11.4. The van der Waals surface area contributed by atoms with Crippen LogP contribution in [0.15, 0.2) is 42.5 Å². The Balaban J connectivity index is 1.79. The molecule has 0 saturated heterocycles. The quantitative estimate of drug-likeness (QED) is 0.230. The van der Waals surface area contributed by atoms with E-state index in [1.807, 2.05) is 36.4 Å². The van der Waals surface area contributed by atoms with Crippen LogP contribution in [-0.4, -0.2) is 57.2 Å². The lowest BCUT2D eigenvalue weighted by molar-refractivity contribution is -0.147. The Morgan fingerprint density at radius 2 is 1.44 bits per heavy atom. The normalized spacial score (nSPS) is 12.0. The van der Waals surface area contributed by atoms with Crippen LogP contribution in [0, 0.1) is 5.92 Å². The average molecular weight is 543 g/mol. The summed E-state index contributed by atoms with van der Waals surface area (Å²) < 4.78 is 26.2. The molecule has 2 amide bonds. The first kappa shape index (κ1) is 31.0. The van der Waals surface area contributed by atoms with Crippen molar-refractivity contribution < 1.29 is 38.1 Å². The molecule has 0 radical (unpaired) electrons. The molecule has 1 unspecified atom stereocenters. The monoisotopic (exact) mass is 542 g/mol. The van der Waals surface area contributed by atoms with E-state index >= 15 is 0 Å². The molecule has 2 N–H and O–H groups in total. The van der Waals surface area contributed by atoms with Crippen molar-refractivity contribution in [2.75, 3.05) is 27.4 Å². The molecule has 0 fully saturated rings. The molecule has 0 aliphatic heterocycles. The van der Waals surface area contributed by atoms with E-state index in [1.165, 1.54) is 0 Å². The second-order valence-corrected chi connectivity index (χ2v) is 9.90. The number of ether oxygens (including phenoxy) is 5. The summed E-state index contributed by atoms with van der Waals surface area (Å²) in [6.45, 7) is 8.68. The zero-order chi connectivity index (χ0) is 29.0. The summed E-state index contributed by atoms with van der Waals surface area (Å²) in [5.41, 5.74) is 1.12. The minimum absolute atomic E-state index is 0.0344. The Kier molecular flexibility index (Phi) is 11.7. The molecule has 2 aromatic rings. The van der Waals surface area contributed by atoms with E-state index in [-0.39, 0.29) is 19.1 Å². The van der Waals surface area contributed by atoms with Gasteiger partial charge in [0.25, 0.3) is 0 Å². The van der Waals surface area contributed by atoms with E-state index in [9.17, 15) is 14.4 Å².